The van der Waals surface area contributed by atoms with Gasteiger partial charge in [-0.3, -0.25) is 14.4 Å². The Bertz CT molecular complexity index is 458. The molecule has 0 aliphatic carbocycles. The Labute approximate surface area is 139 Å². The SMILES string of the molecule is CC(C)C[C@H](NC(=O)[C@H](CS)NC(=O)[C@@H](N)CC(N)=O)C(=O)O. The average Bonchev–Trinajstić information content (AvgIpc) is 2.41. The van der Waals surface area contributed by atoms with E-state index in [-0.39, 0.29) is 24.5 Å². The lowest BCUT2D eigenvalue weighted by Gasteiger charge is -2.22. The molecule has 3 atom stereocenters. The number of aliphatic carboxylic acids is 1. The molecule has 0 saturated heterocycles. The summed E-state index contributed by atoms with van der Waals surface area (Å²) in [5.74, 6) is -3.34. The number of nitrogens with two attached hydrogens (primary N) is 2. The first-order valence-electron chi connectivity index (χ1n) is 7.06. The Hall–Kier alpha value is -1.81. The third-order valence-electron chi connectivity index (χ3n) is 2.90. The number of hydrogen-bond donors (Lipinski definition) is 6. The molecule has 132 valence electrons. The largest absolute Gasteiger partial charge is 0.480 e. The van der Waals surface area contributed by atoms with Crippen LogP contribution in [0.25, 0.3) is 0 Å². The fraction of sp³-hybridized carbons (Fsp3) is 0.692. The van der Waals surface area contributed by atoms with Crippen molar-refractivity contribution in [1.29, 1.82) is 0 Å². The van der Waals surface area contributed by atoms with E-state index in [0.29, 0.717) is 0 Å². The van der Waals surface area contributed by atoms with E-state index in [4.69, 9.17) is 16.6 Å². The van der Waals surface area contributed by atoms with E-state index in [2.05, 4.69) is 23.3 Å². The number of hydrogen-bond acceptors (Lipinski definition) is 6. The van der Waals surface area contributed by atoms with E-state index < -0.39 is 41.8 Å². The highest BCUT2D eigenvalue weighted by atomic mass is 32.1. The lowest BCUT2D eigenvalue weighted by Crippen LogP contribution is -2.55. The molecule has 0 saturated carbocycles. The monoisotopic (exact) mass is 348 g/mol. The van der Waals surface area contributed by atoms with Crippen LogP contribution in [0.3, 0.4) is 0 Å². The second kappa shape index (κ2) is 10.1. The van der Waals surface area contributed by atoms with Gasteiger partial charge in [0.05, 0.1) is 12.5 Å². The lowest BCUT2D eigenvalue weighted by molar-refractivity contribution is -0.142. The number of carboxylic acid groups (broad SMARTS) is 1. The summed E-state index contributed by atoms with van der Waals surface area (Å²) < 4.78 is 0. The van der Waals surface area contributed by atoms with Gasteiger partial charge >= 0.3 is 5.97 Å². The Balaban J connectivity index is 4.75. The Morgan fingerprint density at radius 3 is 2.00 bits per heavy atom. The van der Waals surface area contributed by atoms with Crippen molar-refractivity contribution in [2.45, 2.75) is 44.8 Å². The summed E-state index contributed by atoms with van der Waals surface area (Å²) in [6.07, 6.45) is -0.118. The van der Waals surface area contributed by atoms with Crippen LogP contribution < -0.4 is 22.1 Å². The van der Waals surface area contributed by atoms with E-state index in [1.54, 1.807) is 0 Å². The molecule has 0 aromatic carbocycles. The van der Waals surface area contributed by atoms with Crippen LogP contribution in [0.15, 0.2) is 0 Å². The summed E-state index contributed by atoms with van der Waals surface area (Å²) in [6, 6.07) is -3.33. The maximum atomic E-state index is 12.1. The zero-order chi connectivity index (χ0) is 18.2. The quantitative estimate of drug-likeness (QED) is 0.255. The molecule has 7 N–H and O–H groups in total. The number of primary amides is 1. The maximum absolute atomic E-state index is 12.1. The zero-order valence-corrected chi connectivity index (χ0v) is 14.0. The molecular weight excluding hydrogens is 324 g/mol. The molecule has 0 unspecified atom stereocenters. The van der Waals surface area contributed by atoms with Crippen LogP contribution in [0.1, 0.15) is 26.7 Å². The summed E-state index contributed by atoms with van der Waals surface area (Å²) in [6.45, 7) is 3.64. The third-order valence-corrected chi connectivity index (χ3v) is 3.26. The zero-order valence-electron chi connectivity index (χ0n) is 13.1. The number of carboxylic acids is 1. The Kier molecular flexibility index (Phi) is 9.27. The van der Waals surface area contributed by atoms with Gasteiger partial charge in [0, 0.05) is 5.75 Å². The van der Waals surface area contributed by atoms with Gasteiger partial charge in [-0.05, 0) is 12.3 Å². The summed E-state index contributed by atoms with van der Waals surface area (Å²) in [4.78, 5) is 45.7. The molecule has 10 heteroatoms. The summed E-state index contributed by atoms with van der Waals surface area (Å²) >= 11 is 3.96. The first-order valence-corrected chi connectivity index (χ1v) is 7.70. The predicted octanol–water partition coefficient (Wildman–Crippen LogP) is -1.78. The molecule has 0 rings (SSSR count). The van der Waals surface area contributed by atoms with Gasteiger partial charge in [0.2, 0.25) is 17.7 Å². The summed E-state index contributed by atoms with van der Waals surface area (Å²) in [7, 11) is 0. The fourth-order valence-corrected chi connectivity index (χ4v) is 2.00. The Morgan fingerprint density at radius 1 is 1.09 bits per heavy atom. The molecule has 0 aliphatic heterocycles. The molecular formula is C13H24N4O5S. The highest BCUT2D eigenvalue weighted by molar-refractivity contribution is 7.80. The van der Waals surface area contributed by atoms with Crippen molar-refractivity contribution >= 4 is 36.3 Å². The van der Waals surface area contributed by atoms with Crippen molar-refractivity contribution in [3.8, 4) is 0 Å². The topological polar surface area (TPSA) is 165 Å². The van der Waals surface area contributed by atoms with Crippen LogP contribution in [-0.4, -0.2) is 52.7 Å². The first kappa shape index (κ1) is 21.2. The molecule has 0 aliphatic rings. The first-order chi connectivity index (χ1) is 10.6. The van der Waals surface area contributed by atoms with Crippen molar-refractivity contribution in [2.75, 3.05) is 5.75 Å². The van der Waals surface area contributed by atoms with Gasteiger partial charge in [-0.15, -0.1) is 0 Å². The minimum atomic E-state index is -1.19. The van der Waals surface area contributed by atoms with Gasteiger partial charge in [-0.25, -0.2) is 4.79 Å². The van der Waals surface area contributed by atoms with Gasteiger partial charge in [0.25, 0.3) is 0 Å². The van der Waals surface area contributed by atoms with E-state index in [1.165, 1.54) is 0 Å². The average molecular weight is 348 g/mol. The number of carbonyl (C=O) groups excluding carboxylic acids is 3. The second-order valence-corrected chi connectivity index (χ2v) is 5.91. The molecule has 0 heterocycles. The number of carbonyl (C=O) groups is 4. The van der Waals surface area contributed by atoms with Gasteiger partial charge in [-0.1, -0.05) is 13.8 Å². The van der Waals surface area contributed by atoms with Crippen LogP contribution in [0.4, 0.5) is 0 Å². The van der Waals surface area contributed by atoms with E-state index in [1.807, 2.05) is 13.8 Å². The molecule has 9 nitrogen and oxygen atoms in total. The molecule has 0 fully saturated rings. The van der Waals surface area contributed by atoms with Gasteiger partial charge < -0.3 is 27.2 Å². The smallest absolute Gasteiger partial charge is 0.326 e. The molecule has 0 spiro atoms. The number of amides is 3. The van der Waals surface area contributed by atoms with E-state index in [0.717, 1.165) is 0 Å². The normalized spacial score (nSPS) is 14.7. The second-order valence-electron chi connectivity index (χ2n) is 5.55. The minimum Gasteiger partial charge on any atom is -0.480 e. The van der Waals surface area contributed by atoms with Crippen LogP contribution in [0, 0.1) is 5.92 Å². The summed E-state index contributed by atoms with van der Waals surface area (Å²) in [5, 5.41) is 13.8. The molecule has 0 radical (unpaired) electrons. The van der Waals surface area contributed by atoms with Crippen molar-refractivity contribution in [3.63, 3.8) is 0 Å². The third kappa shape index (κ3) is 8.41. The van der Waals surface area contributed by atoms with Crippen LogP contribution in [-0.2, 0) is 19.2 Å². The van der Waals surface area contributed by atoms with Gasteiger partial charge in [0.1, 0.15) is 12.1 Å². The highest BCUT2D eigenvalue weighted by Gasteiger charge is 2.27. The molecule has 0 bridgehead atoms. The summed E-state index contributed by atoms with van der Waals surface area (Å²) in [5.41, 5.74) is 10.4. The molecule has 23 heavy (non-hydrogen) atoms. The minimum absolute atomic E-state index is 0.0597. The van der Waals surface area contributed by atoms with Crippen molar-refractivity contribution in [1.82, 2.24) is 10.6 Å². The van der Waals surface area contributed by atoms with Crippen molar-refractivity contribution in [2.24, 2.45) is 17.4 Å². The van der Waals surface area contributed by atoms with Crippen molar-refractivity contribution < 1.29 is 24.3 Å². The van der Waals surface area contributed by atoms with Gasteiger partial charge in [-0.2, -0.15) is 12.6 Å². The number of thiol groups is 1. The molecule has 0 aromatic rings. The standard InChI is InChI=1S/C13H24N4O5S/c1-6(2)3-8(13(21)22)16-12(20)9(5-23)17-11(19)7(14)4-10(15)18/h6-9,23H,3-5,14H2,1-2H3,(H2,15,18)(H,16,20)(H,17,19)(H,21,22)/t7-,8-,9-/m0/s1. The molecule has 3 amide bonds. The molecule has 0 aromatic heterocycles. The van der Waals surface area contributed by atoms with Crippen LogP contribution in [0.2, 0.25) is 0 Å². The van der Waals surface area contributed by atoms with Gasteiger partial charge in [0.15, 0.2) is 0 Å². The number of rotatable bonds is 10. The predicted molar refractivity (Wildman–Crippen MR) is 86.6 cm³/mol. The lowest BCUT2D eigenvalue weighted by atomic mass is 10.0. The number of nitrogens with one attached hydrogen (secondary N) is 2. The van der Waals surface area contributed by atoms with Crippen LogP contribution in [0.5, 0.6) is 0 Å². The van der Waals surface area contributed by atoms with E-state index in [9.17, 15) is 19.2 Å². The van der Waals surface area contributed by atoms with Crippen LogP contribution >= 0.6 is 12.6 Å². The maximum Gasteiger partial charge on any atom is 0.326 e. The van der Waals surface area contributed by atoms with Crippen molar-refractivity contribution in [3.05, 3.63) is 0 Å². The Morgan fingerprint density at radius 2 is 1.61 bits per heavy atom. The fourth-order valence-electron chi connectivity index (χ4n) is 1.75. The highest BCUT2D eigenvalue weighted by Crippen LogP contribution is 2.05. The van der Waals surface area contributed by atoms with E-state index >= 15 is 0 Å².